The Kier molecular flexibility index (Phi) is 3.61. The number of carbonyl (C=O) groups is 1. The quantitative estimate of drug-likeness (QED) is 0.715. The lowest BCUT2D eigenvalue weighted by Gasteiger charge is -2.27. The van der Waals surface area contributed by atoms with E-state index in [-0.39, 0.29) is 12.5 Å². The summed E-state index contributed by atoms with van der Waals surface area (Å²) < 4.78 is 22.2. The van der Waals surface area contributed by atoms with Crippen LogP contribution in [0, 0.1) is 0 Å². The zero-order valence-electron chi connectivity index (χ0n) is 10.7. The Balaban J connectivity index is 2.06. The third-order valence-electron chi connectivity index (χ3n) is 3.13. The van der Waals surface area contributed by atoms with Crippen molar-refractivity contribution in [3.63, 3.8) is 0 Å². The number of fused-ring (bicyclic) bond motifs is 1. The number of nitrogens with two attached hydrogens (primary N) is 1. The van der Waals surface area contributed by atoms with Crippen LogP contribution in [0.25, 0.3) is 0 Å². The number of ether oxygens (including phenoxy) is 4. The Morgan fingerprint density at radius 3 is 2.72 bits per heavy atom. The van der Waals surface area contributed by atoms with Gasteiger partial charge in [0.25, 0.3) is 0 Å². The molecule has 0 aromatic rings. The number of carboxylic acid groups (broad SMARTS) is 1. The summed E-state index contributed by atoms with van der Waals surface area (Å²) in [5, 5.41) is 8.75. The highest BCUT2D eigenvalue weighted by Gasteiger charge is 2.56. The molecule has 0 amide bonds. The zero-order valence-corrected chi connectivity index (χ0v) is 10.7. The largest absolute Gasteiger partial charge is 0.481 e. The molecule has 0 aromatic carbocycles. The summed E-state index contributed by atoms with van der Waals surface area (Å²) in [7, 11) is 1.52. The van der Waals surface area contributed by atoms with E-state index in [9.17, 15) is 4.79 Å². The van der Waals surface area contributed by atoms with Crippen LogP contribution in [0.3, 0.4) is 0 Å². The number of rotatable bonds is 4. The van der Waals surface area contributed by atoms with Gasteiger partial charge < -0.3 is 29.8 Å². The maximum Gasteiger partial charge on any atom is 0.305 e. The van der Waals surface area contributed by atoms with Gasteiger partial charge in [-0.1, -0.05) is 0 Å². The van der Waals surface area contributed by atoms with Crippen LogP contribution in [-0.2, 0) is 23.7 Å². The van der Waals surface area contributed by atoms with E-state index in [1.807, 2.05) is 0 Å². The molecule has 104 valence electrons. The average Bonchev–Trinajstić information content (AvgIpc) is 2.68. The van der Waals surface area contributed by atoms with E-state index >= 15 is 0 Å². The molecule has 0 bridgehead atoms. The molecule has 0 aromatic heterocycles. The predicted molar refractivity (Wildman–Crippen MR) is 59.7 cm³/mol. The van der Waals surface area contributed by atoms with Gasteiger partial charge in [-0.3, -0.25) is 4.79 Å². The van der Waals surface area contributed by atoms with Gasteiger partial charge in [-0.25, -0.2) is 0 Å². The van der Waals surface area contributed by atoms with E-state index in [2.05, 4.69) is 0 Å². The monoisotopic (exact) mass is 261 g/mol. The van der Waals surface area contributed by atoms with Crippen LogP contribution in [0.5, 0.6) is 0 Å². The summed E-state index contributed by atoms with van der Waals surface area (Å²) in [6, 6.07) is -0.659. The predicted octanol–water partition coefficient (Wildman–Crippen LogP) is -0.320. The molecule has 2 aliphatic rings. The molecule has 0 aliphatic carbocycles. The first-order chi connectivity index (χ1) is 8.34. The van der Waals surface area contributed by atoms with Gasteiger partial charge in [0.05, 0.1) is 6.42 Å². The molecule has 7 nitrogen and oxygen atoms in total. The van der Waals surface area contributed by atoms with Crippen LogP contribution in [0.1, 0.15) is 20.3 Å². The van der Waals surface area contributed by atoms with Crippen molar-refractivity contribution in [2.45, 2.75) is 56.7 Å². The highest BCUT2D eigenvalue weighted by molar-refractivity contribution is 5.67. The van der Waals surface area contributed by atoms with Crippen LogP contribution in [0.2, 0.25) is 0 Å². The zero-order chi connectivity index (χ0) is 13.5. The molecule has 2 fully saturated rings. The van der Waals surface area contributed by atoms with Crippen molar-refractivity contribution >= 4 is 5.97 Å². The molecule has 5 atom stereocenters. The van der Waals surface area contributed by atoms with Gasteiger partial charge in [0.15, 0.2) is 12.1 Å². The van der Waals surface area contributed by atoms with E-state index in [1.54, 1.807) is 13.8 Å². The van der Waals surface area contributed by atoms with Crippen LogP contribution in [0.15, 0.2) is 0 Å². The van der Waals surface area contributed by atoms with E-state index in [4.69, 9.17) is 29.8 Å². The minimum absolute atomic E-state index is 0.187. The van der Waals surface area contributed by atoms with Crippen molar-refractivity contribution in [1.82, 2.24) is 0 Å². The van der Waals surface area contributed by atoms with Crippen molar-refractivity contribution in [3.8, 4) is 0 Å². The third kappa shape index (κ3) is 2.50. The molecule has 3 N–H and O–H groups in total. The van der Waals surface area contributed by atoms with E-state index in [0.29, 0.717) is 0 Å². The summed E-state index contributed by atoms with van der Waals surface area (Å²) in [6.07, 6.45) is -2.10. The Hall–Kier alpha value is -0.730. The molecule has 2 rings (SSSR count). The Morgan fingerprint density at radius 1 is 1.50 bits per heavy atom. The molecule has 0 spiro atoms. The first-order valence-electron chi connectivity index (χ1n) is 5.85. The fraction of sp³-hybridized carbons (Fsp3) is 0.909. The van der Waals surface area contributed by atoms with Gasteiger partial charge in [-0.2, -0.15) is 0 Å². The lowest BCUT2D eigenvalue weighted by molar-refractivity contribution is -0.219. The molecule has 0 saturated carbocycles. The van der Waals surface area contributed by atoms with Crippen molar-refractivity contribution < 1.29 is 28.8 Å². The topological polar surface area (TPSA) is 100 Å². The SMILES string of the molecule is CO[C@@H]1[C@H]2OC(C)(C)O[C@H]2O[C@@H]1[C@H](N)CC(=O)O. The van der Waals surface area contributed by atoms with Crippen LogP contribution < -0.4 is 5.73 Å². The molecule has 18 heavy (non-hydrogen) atoms. The second-order valence-electron chi connectivity index (χ2n) is 5.03. The van der Waals surface area contributed by atoms with Crippen LogP contribution in [-0.4, -0.2) is 54.6 Å². The van der Waals surface area contributed by atoms with Gasteiger partial charge in [0, 0.05) is 13.2 Å². The summed E-state index contributed by atoms with van der Waals surface area (Å²) in [5.74, 6) is -1.70. The maximum atomic E-state index is 10.7. The first kappa shape index (κ1) is 13.7. The highest BCUT2D eigenvalue weighted by Crippen LogP contribution is 2.39. The molecular weight excluding hydrogens is 242 g/mol. The summed E-state index contributed by atoms with van der Waals surface area (Å²) in [5.41, 5.74) is 5.82. The number of carboxylic acids is 1. The fourth-order valence-electron chi connectivity index (χ4n) is 2.43. The summed E-state index contributed by atoms with van der Waals surface area (Å²) >= 11 is 0. The second-order valence-corrected chi connectivity index (χ2v) is 5.03. The molecule has 2 aliphatic heterocycles. The lowest BCUT2D eigenvalue weighted by atomic mass is 10.0. The number of hydrogen-bond donors (Lipinski definition) is 2. The highest BCUT2D eigenvalue weighted by atomic mass is 16.8. The molecule has 0 unspecified atom stereocenters. The number of aliphatic carboxylic acids is 1. The third-order valence-corrected chi connectivity index (χ3v) is 3.13. The fourth-order valence-corrected chi connectivity index (χ4v) is 2.43. The summed E-state index contributed by atoms with van der Waals surface area (Å²) in [6.45, 7) is 3.57. The molecular formula is C11H19NO6. The Bertz CT molecular complexity index is 333. The second kappa shape index (κ2) is 4.75. The van der Waals surface area contributed by atoms with E-state index in [0.717, 1.165) is 0 Å². The molecule has 2 heterocycles. The van der Waals surface area contributed by atoms with Gasteiger partial charge in [-0.15, -0.1) is 0 Å². The number of hydrogen-bond acceptors (Lipinski definition) is 6. The normalized spacial score (nSPS) is 39.6. The van der Waals surface area contributed by atoms with Gasteiger partial charge in [-0.05, 0) is 13.8 Å². The Morgan fingerprint density at radius 2 is 2.17 bits per heavy atom. The van der Waals surface area contributed by atoms with E-state index in [1.165, 1.54) is 7.11 Å². The van der Waals surface area contributed by atoms with Crippen molar-refractivity contribution in [2.24, 2.45) is 5.73 Å². The minimum Gasteiger partial charge on any atom is -0.481 e. The standard InChI is InChI=1S/C11H19NO6/c1-11(2)17-9-8(15-3)7(16-10(9)18-11)5(12)4-6(13)14/h5,7-10H,4,12H2,1-3H3,(H,13,14)/t5-,7-,8+,9-,10-/m1/s1. The number of methoxy groups -OCH3 is 1. The molecule has 7 heteroatoms. The van der Waals surface area contributed by atoms with Gasteiger partial charge in [0.2, 0.25) is 0 Å². The molecule has 2 saturated heterocycles. The van der Waals surface area contributed by atoms with Gasteiger partial charge in [0.1, 0.15) is 18.3 Å². The first-order valence-corrected chi connectivity index (χ1v) is 5.85. The Labute approximate surface area is 105 Å². The average molecular weight is 261 g/mol. The summed E-state index contributed by atoms with van der Waals surface area (Å²) in [4.78, 5) is 10.7. The molecule has 0 radical (unpaired) electrons. The maximum absolute atomic E-state index is 10.7. The van der Waals surface area contributed by atoms with Crippen molar-refractivity contribution in [3.05, 3.63) is 0 Å². The van der Waals surface area contributed by atoms with Crippen molar-refractivity contribution in [2.75, 3.05) is 7.11 Å². The van der Waals surface area contributed by atoms with Crippen LogP contribution in [0.4, 0.5) is 0 Å². The minimum atomic E-state index is -0.972. The smallest absolute Gasteiger partial charge is 0.305 e. The lowest BCUT2D eigenvalue weighted by Crippen LogP contribution is -2.46. The van der Waals surface area contributed by atoms with E-state index < -0.39 is 36.3 Å². The van der Waals surface area contributed by atoms with Crippen LogP contribution >= 0.6 is 0 Å². The van der Waals surface area contributed by atoms with Gasteiger partial charge >= 0.3 is 5.97 Å². The van der Waals surface area contributed by atoms with Crippen molar-refractivity contribution in [1.29, 1.82) is 0 Å².